The van der Waals surface area contributed by atoms with Crippen LogP contribution in [0.4, 0.5) is 0 Å². The summed E-state index contributed by atoms with van der Waals surface area (Å²) in [6, 6.07) is 15.3. The van der Waals surface area contributed by atoms with E-state index in [4.69, 9.17) is 14.6 Å². The second-order valence-corrected chi connectivity index (χ2v) is 9.33. The predicted molar refractivity (Wildman–Crippen MR) is 128 cm³/mol. The molecule has 1 N–H and O–H groups in total. The number of ether oxygens (including phenoxy) is 2. The molecule has 1 aliphatic carbocycles. The van der Waals surface area contributed by atoms with Gasteiger partial charge in [-0.1, -0.05) is 42.5 Å². The molecule has 5 nitrogen and oxygen atoms in total. The van der Waals surface area contributed by atoms with Crippen molar-refractivity contribution >= 4 is 5.91 Å². The molecule has 174 valence electrons. The number of rotatable bonds is 7. The Labute approximate surface area is 196 Å². The molecule has 3 aliphatic rings. The number of hydrogen-bond donors (Lipinski definition) is 1. The van der Waals surface area contributed by atoms with Gasteiger partial charge in [-0.05, 0) is 72.4 Å². The van der Waals surface area contributed by atoms with Crippen molar-refractivity contribution in [3.8, 4) is 11.1 Å². The van der Waals surface area contributed by atoms with E-state index in [0.29, 0.717) is 25.2 Å². The van der Waals surface area contributed by atoms with Gasteiger partial charge >= 0.3 is 0 Å². The molecule has 5 heteroatoms. The molecule has 0 unspecified atom stereocenters. The fourth-order valence-electron chi connectivity index (χ4n) is 5.20. The Morgan fingerprint density at radius 1 is 1.03 bits per heavy atom. The lowest BCUT2D eigenvalue weighted by Gasteiger charge is -2.33. The summed E-state index contributed by atoms with van der Waals surface area (Å²) in [4.78, 5) is 15.2. The predicted octanol–water partition coefficient (Wildman–Crippen LogP) is 4.77. The van der Waals surface area contributed by atoms with Crippen LogP contribution in [0.15, 0.2) is 54.3 Å². The Bertz CT molecular complexity index is 1020. The van der Waals surface area contributed by atoms with Gasteiger partial charge < -0.3 is 19.5 Å². The Balaban J connectivity index is 1.40. The number of aliphatic hydroxyl groups is 1. The van der Waals surface area contributed by atoms with E-state index in [1.807, 2.05) is 11.0 Å². The van der Waals surface area contributed by atoms with E-state index >= 15 is 0 Å². The first-order valence-electron chi connectivity index (χ1n) is 12.3. The fourth-order valence-corrected chi connectivity index (χ4v) is 5.20. The van der Waals surface area contributed by atoms with E-state index in [-0.39, 0.29) is 18.4 Å². The molecule has 0 bridgehead atoms. The third-order valence-electron chi connectivity index (χ3n) is 7.02. The molecule has 33 heavy (non-hydrogen) atoms. The lowest BCUT2D eigenvalue weighted by molar-refractivity contribution is -0.153. The van der Waals surface area contributed by atoms with Crippen LogP contribution in [0.1, 0.15) is 61.1 Å². The standard InChI is InChI=1S/C28H33NO4/c30-14-6-7-15-32-27-19-23(18-26(33-27)28(31)29-12-4-1-5-13-29)20-10-11-22-16-21-8-2-3-9-24(21)25(22)17-20/h2-3,8-11,17-18,23,27,30H,1,4-7,12-16,19H2/t23-,27+/m1/s1. The summed E-state index contributed by atoms with van der Waals surface area (Å²) >= 11 is 0. The molecule has 2 heterocycles. The van der Waals surface area contributed by atoms with Crippen molar-refractivity contribution in [1.82, 2.24) is 4.90 Å². The zero-order chi connectivity index (χ0) is 22.6. The van der Waals surface area contributed by atoms with Crippen molar-refractivity contribution in [3.63, 3.8) is 0 Å². The molecule has 1 fully saturated rings. The highest BCUT2D eigenvalue weighted by Crippen LogP contribution is 2.40. The Hall–Kier alpha value is -2.63. The van der Waals surface area contributed by atoms with Gasteiger partial charge in [0, 0.05) is 32.0 Å². The van der Waals surface area contributed by atoms with Crippen LogP contribution in [0.3, 0.4) is 0 Å². The molecule has 1 saturated heterocycles. The Morgan fingerprint density at radius 2 is 1.85 bits per heavy atom. The van der Waals surface area contributed by atoms with Crippen LogP contribution in [-0.4, -0.2) is 48.5 Å². The summed E-state index contributed by atoms with van der Waals surface area (Å²) in [5.41, 5.74) is 6.54. The lowest BCUT2D eigenvalue weighted by Crippen LogP contribution is -2.39. The minimum Gasteiger partial charge on any atom is -0.459 e. The van der Waals surface area contributed by atoms with Crippen LogP contribution in [0.5, 0.6) is 0 Å². The highest BCUT2D eigenvalue weighted by Gasteiger charge is 2.32. The molecule has 5 rings (SSSR count). The maximum Gasteiger partial charge on any atom is 0.288 e. The number of unbranched alkanes of at least 4 members (excludes halogenated alkanes) is 1. The first-order valence-corrected chi connectivity index (χ1v) is 12.3. The molecule has 2 aromatic rings. The van der Waals surface area contributed by atoms with Crippen molar-refractivity contribution in [3.05, 3.63) is 71.0 Å². The summed E-state index contributed by atoms with van der Waals surface area (Å²) in [6.45, 7) is 2.26. The number of hydrogen-bond acceptors (Lipinski definition) is 4. The molecular weight excluding hydrogens is 414 g/mol. The first kappa shape index (κ1) is 22.2. The van der Waals surface area contributed by atoms with Gasteiger partial charge in [0.05, 0.1) is 6.61 Å². The molecular formula is C28H33NO4. The molecule has 0 aromatic heterocycles. The number of piperidine rings is 1. The van der Waals surface area contributed by atoms with E-state index in [0.717, 1.165) is 38.8 Å². The molecule has 0 saturated carbocycles. The van der Waals surface area contributed by atoms with Gasteiger partial charge in [-0.25, -0.2) is 0 Å². The summed E-state index contributed by atoms with van der Waals surface area (Å²) in [5.74, 6) is 0.458. The first-order chi connectivity index (χ1) is 16.2. The SMILES string of the molecule is O=C(C1=C[C@@H](c2ccc3c(c2)-c2ccccc2C3)C[C@@H](OCCCCO)O1)N1CCCCC1. The van der Waals surface area contributed by atoms with Gasteiger partial charge in [-0.15, -0.1) is 0 Å². The quantitative estimate of drug-likeness (QED) is 0.530. The van der Waals surface area contributed by atoms with Crippen LogP contribution in [0, 0.1) is 0 Å². The molecule has 0 spiro atoms. The Morgan fingerprint density at radius 3 is 2.70 bits per heavy atom. The number of benzene rings is 2. The van der Waals surface area contributed by atoms with Crippen LogP contribution in [-0.2, 0) is 20.7 Å². The van der Waals surface area contributed by atoms with Gasteiger partial charge in [0.25, 0.3) is 5.91 Å². The van der Waals surface area contributed by atoms with Crippen molar-refractivity contribution in [1.29, 1.82) is 0 Å². The number of carbonyl (C=O) groups is 1. The third kappa shape index (κ3) is 4.85. The van der Waals surface area contributed by atoms with Crippen molar-refractivity contribution in [2.24, 2.45) is 0 Å². The summed E-state index contributed by atoms with van der Waals surface area (Å²) < 4.78 is 12.1. The van der Waals surface area contributed by atoms with Crippen LogP contribution < -0.4 is 0 Å². The molecule has 2 aliphatic heterocycles. The van der Waals surface area contributed by atoms with Gasteiger partial charge in [0.2, 0.25) is 6.29 Å². The van der Waals surface area contributed by atoms with Gasteiger partial charge in [0.15, 0.2) is 5.76 Å². The second kappa shape index (κ2) is 10.1. The van der Waals surface area contributed by atoms with Crippen LogP contribution >= 0.6 is 0 Å². The maximum absolute atomic E-state index is 13.2. The average molecular weight is 448 g/mol. The minimum absolute atomic E-state index is 0.0186. The fraction of sp³-hybridized carbons (Fsp3) is 0.464. The number of aliphatic hydroxyl groups excluding tert-OH is 1. The number of likely N-dealkylation sites (tertiary alicyclic amines) is 1. The average Bonchev–Trinajstić information content (AvgIpc) is 3.24. The van der Waals surface area contributed by atoms with E-state index < -0.39 is 6.29 Å². The highest BCUT2D eigenvalue weighted by molar-refractivity contribution is 5.92. The number of fused-ring (bicyclic) bond motifs is 3. The van der Waals surface area contributed by atoms with Crippen molar-refractivity contribution < 1.29 is 19.4 Å². The zero-order valence-electron chi connectivity index (χ0n) is 19.2. The van der Waals surface area contributed by atoms with Crippen LogP contribution in [0.25, 0.3) is 11.1 Å². The second-order valence-electron chi connectivity index (χ2n) is 9.33. The lowest BCUT2D eigenvalue weighted by atomic mass is 9.90. The molecule has 2 aromatic carbocycles. The van der Waals surface area contributed by atoms with Gasteiger partial charge in [0.1, 0.15) is 0 Å². The largest absolute Gasteiger partial charge is 0.459 e. The molecule has 0 radical (unpaired) electrons. The van der Waals surface area contributed by atoms with E-state index in [1.54, 1.807) is 0 Å². The number of amides is 1. The van der Waals surface area contributed by atoms with Gasteiger partial charge in [-0.2, -0.15) is 0 Å². The van der Waals surface area contributed by atoms with Gasteiger partial charge in [-0.3, -0.25) is 4.79 Å². The number of allylic oxidation sites excluding steroid dienone is 1. The number of nitrogens with zero attached hydrogens (tertiary/aromatic N) is 1. The van der Waals surface area contributed by atoms with E-state index in [9.17, 15) is 4.79 Å². The topological polar surface area (TPSA) is 59.0 Å². The van der Waals surface area contributed by atoms with Crippen molar-refractivity contribution in [2.75, 3.05) is 26.3 Å². The van der Waals surface area contributed by atoms with E-state index in [2.05, 4.69) is 42.5 Å². The smallest absolute Gasteiger partial charge is 0.288 e. The maximum atomic E-state index is 13.2. The van der Waals surface area contributed by atoms with Crippen LogP contribution in [0.2, 0.25) is 0 Å². The zero-order valence-corrected chi connectivity index (χ0v) is 19.2. The Kier molecular flexibility index (Phi) is 6.79. The highest BCUT2D eigenvalue weighted by atomic mass is 16.7. The minimum atomic E-state index is -0.456. The van der Waals surface area contributed by atoms with E-state index in [1.165, 1.54) is 34.2 Å². The molecule has 2 atom stereocenters. The summed E-state index contributed by atoms with van der Waals surface area (Å²) in [6.07, 6.45) is 7.96. The third-order valence-corrected chi connectivity index (χ3v) is 7.02. The summed E-state index contributed by atoms with van der Waals surface area (Å²) in [5, 5.41) is 9.05. The van der Waals surface area contributed by atoms with Crippen molar-refractivity contribution in [2.45, 2.75) is 57.2 Å². The number of carbonyl (C=O) groups excluding carboxylic acids is 1. The monoisotopic (exact) mass is 447 g/mol. The summed E-state index contributed by atoms with van der Waals surface area (Å²) in [7, 11) is 0. The normalized spacial score (nSPS) is 21.7. The molecule has 1 amide bonds.